The van der Waals surface area contributed by atoms with Crippen molar-refractivity contribution in [1.29, 1.82) is 0 Å². The minimum Gasteiger partial charge on any atom is -0.326 e. The van der Waals surface area contributed by atoms with Crippen LogP contribution in [-0.2, 0) is 4.79 Å². The van der Waals surface area contributed by atoms with E-state index in [9.17, 15) is 4.79 Å². The summed E-state index contributed by atoms with van der Waals surface area (Å²) in [6.45, 7) is 5.77. The van der Waals surface area contributed by atoms with Crippen molar-refractivity contribution in [3.05, 3.63) is 0 Å². The lowest BCUT2D eigenvalue weighted by atomic mass is 10.2. The third-order valence-corrected chi connectivity index (χ3v) is 2.50. The first-order chi connectivity index (χ1) is 6.29. The fourth-order valence-corrected chi connectivity index (χ4v) is 1.73. The molecule has 0 aromatic rings. The first-order valence-corrected chi connectivity index (χ1v) is 5.32. The SMILES string of the molecule is CCCCN1C(=O)CNC1CCC. The molecule has 13 heavy (non-hydrogen) atoms. The monoisotopic (exact) mass is 184 g/mol. The molecule has 0 radical (unpaired) electrons. The lowest BCUT2D eigenvalue weighted by molar-refractivity contribution is -0.128. The quantitative estimate of drug-likeness (QED) is 0.699. The van der Waals surface area contributed by atoms with Crippen LogP contribution in [-0.4, -0.2) is 30.1 Å². The molecule has 1 fully saturated rings. The van der Waals surface area contributed by atoms with Gasteiger partial charge >= 0.3 is 0 Å². The van der Waals surface area contributed by atoms with Gasteiger partial charge in [0.15, 0.2) is 0 Å². The molecule has 0 saturated carbocycles. The minimum absolute atomic E-state index is 0.270. The van der Waals surface area contributed by atoms with E-state index in [-0.39, 0.29) is 5.91 Å². The minimum atomic E-state index is 0.270. The van der Waals surface area contributed by atoms with E-state index in [0.717, 1.165) is 32.2 Å². The van der Waals surface area contributed by atoms with E-state index in [1.165, 1.54) is 0 Å². The number of amides is 1. The van der Waals surface area contributed by atoms with Crippen molar-refractivity contribution in [2.24, 2.45) is 0 Å². The Morgan fingerprint density at radius 1 is 1.46 bits per heavy atom. The van der Waals surface area contributed by atoms with Crippen LogP contribution in [0.4, 0.5) is 0 Å². The summed E-state index contributed by atoms with van der Waals surface area (Å²) in [6, 6.07) is 0. The van der Waals surface area contributed by atoms with Crippen LogP contribution in [0.15, 0.2) is 0 Å². The van der Waals surface area contributed by atoms with E-state index in [1.54, 1.807) is 0 Å². The van der Waals surface area contributed by atoms with Crippen LogP contribution in [0.2, 0.25) is 0 Å². The van der Waals surface area contributed by atoms with E-state index in [1.807, 2.05) is 4.90 Å². The molecule has 1 aliphatic heterocycles. The predicted octanol–water partition coefficient (Wildman–Crippen LogP) is 1.34. The maximum absolute atomic E-state index is 11.4. The third kappa shape index (κ3) is 2.69. The molecule has 0 spiro atoms. The number of hydrogen-bond acceptors (Lipinski definition) is 2. The average Bonchev–Trinajstić information content (AvgIpc) is 2.45. The van der Waals surface area contributed by atoms with Gasteiger partial charge in [0.2, 0.25) is 5.91 Å². The second kappa shape index (κ2) is 5.22. The maximum Gasteiger partial charge on any atom is 0.237 e. The Hall–Kier alpha value is -0.570. The van der Waals surface area contributed by atoms with Gasteiger partial charge in [-0.25, -0.2) is 0 Å². The van der Waals surface area contributed by atoms with Crippen molar-refractivity contribution in [3.8, 4) is 0 Å². The second-order valence-electron chi connectivity index (χ2n) is 3.63. The molecule has 76 valence electrons. The number of carbonyl (C=O) groups is 1. The standard InChI is InChI=1S/C10H20N2O/c1-3-5-7-12-9(6-4-2)11-8-10(12)13/h9,11H,3-8H2,1-2H3. The van der Waals surface area contributed by atoms with Gasteiger partial charge in [-0.1, -0.05) is 26.7 Å². The van der Waals surface area contributed by atoms with Gasteiger partial charge < -0.3 is 4.90 Å². The van der Waals surface area contributed by atoms with E-state index >= 15 is 0 Å². The van der Waals surface area contributed by atoms with Crippen molar-refractivity contribution in [2.75, 3.05) is 13.1 Å². The fourth-order valence-electron chi connectivity index (χ4n) is 1.73. The molecule has 1 atom stereocenters. The molecule has 1 aliphatic rings. The summed E-state index contributed by atoms with van der Waals surface area (Å²) in [5.41, 5.74) is 0. The molecule has 0 aliphatic carbocycles. The van der Waals surface area contributed by atoms with Crippen LogP contribution < -0.4 is 5.32 Å². The van der Waals surface area contributed by atoms with E-state index < -0.39 is 0 Å². The van der Waals surface area contributed by atoms with Crippen LogP contribution in [0, 0.1) is 0 Å². The largest absolute Gasteiger partial charge is 0.326 e. The Morgan fingerprint density at radius 3 is 2.85 bits per heavy atom. The third-order valence-electron chi connectivity index (χ3n) is 2.50. The Morgan fingerprint density at radius 2 is 2.23 bits per heavy atom. The molecule has 1 N–H and O–H groups in total. The number of rotatable bonds is 5. The molecule has 0 aromatic heterocycles. The lowest BCUT2D eigenvalue weighted by Gasteiger charge is -2.23. The normalized spacial score (nSPS) is 22.8. The molecular weight excluding hydrogens is 164 g/mol. The summed E-state index contributed by atoms with van der Waals surface area (Å²) in [4.78, 5) is 13.4. The predicted molar refractivity (Wildman–Crippen MR) is 53.3 cm³/mol. The molecule has 0 aromatic carbocycles. The highest BCUT2D eigenvalue weighted by Crippen LogP contribution is 2.11. The van der Waals surface area contributed by atoms with Crippen molar-refractivity contribution < 1.29 is 4.79 Å². The summed E-state index contributed by atoms with van der Waals surface area (Å²) in [7, 11) is 0. The fraction of sp³-hybridized carbons (Fsp3) is 0.900. The van der Waals surface area contributed by atoms with Gasteiger partial charge in [0.05, 0.1) is 12.7 Å². The molecular formula is C10H20N2O. The molecule has 1 saturated heterocycles. The zero-order chi connectivity index (χ0) is 9.68. The van der Waals surface area contributed by atoms with Crippen molar-refractivity contribution in [2.45, 2.75) is 45.7 Å². The van der Waals surface area contributed by atoms with E-state index in [4.69, 9.17) is 0 Å². The van der Waals surface area contributed by atoms with Gasteiger partial charge in [-0.2, -0.15) is 0 Å². The highest BCUT2D eigenvalue weighted by molar-refractivity contribution is 5.80. The Labute approximate surface area is 80.5 Å². The molecule has 1 amide bonds. The van der Waals surface area contributed by atoms with Gasteiger partial charge in [0.25, 0.3) is 0 Å². The van der Waals surface area contributed by atoms with Gasteiger partial charge in [0, 0.05) is 6.54 Å². The topological polar surface area (TPSA) is 32.3 Å². The van der Waals surface area contributed by atoms with Crippen LogP contribution in [0.5, 0.6) is 0 Å². The molecule has 1 rings (SSSR count). The zero-order valence-corrected chi connectivity index (χ0v) is 8.68. The molecule has 3 nitrogen and oxygen atoms in total. The first-order valence-electron chi connectivity index (χ1n) is 5.32. The number of nitrogens with zero attached hydrogens (tertiary/aromatic N) is 1. The zero-order valence-electron chi connectivity index (χ0n) is 8.68. The molecule has 0 bridgehead atoms. The summed E-state index contributed by atoms with van der Waals surface area (Å²) >= 11 is 0. The average molecular weight is 184 g/mol. The van der Waals surface area contributed by atoms with Gasteiger partial charge in [-0.15, -0.1) is 0 Å². The molecule has 3 heteroatoms. The van der Waals surface area contributed by atoms with Crippen LogP contribution >= 0.6 is 0 Å². The Kier molecular flexibility index (Phi) is 4.22. The smallest absolute Gasteiger partial charge is 0.237 e. The van der Waals surface area contributed by atoms with E-state index in [2.05, 4.69) is 19.2 Å². The van der Waals surface area contributed by atoms with Gasteiger partial charge in [-0.3, -0.25) is 10.1 Å². The van der Waals surface area contributed by atoms with Crippen LogP contribution in [0.3, 0.4) is 0 Å². The molecule has 1 unspecified atom stereocenters. The number of unbranched alkanes of at least 4 members (excludes halogenated alkanes) is 1. The van der Waals surface area contributed by atoms with E-state index in [0.29, 0.717) is 12.7 Å². The summed E-state index contributed by atoms with van der Waals surface area (Å²) in [5.74, 6) is 0.270. The van der Waals surface area contributed by atoms with Gasteiger partial charge in [-0.05, 0) is 12.8 Å². The Balaban J connectivity index is 2.40. The second-order valence-corrected chi connectivity index (χ2v) is 3.63. The summed E-state index contributed by atoms with van der Waals surface area (Å²) in [5, 5.41) is 3.24. The molecule has 1 heterocycles. The van der Waals surface area contributed by atoms with Gasteiger partial charge in [0.1, 0.15) is 0 Å². The highest BCUT2D eigenvalue weighted by Gasteiger charge is 2.28. The highest BCUT2D eigenvalue weighted by atomic mass is 16.2. The summed E-state index contributed by atoms with van der Waals surface area (Å²) < 4.78 is 0. The number of hydrogen-bond donors (Lipinski definition) is 1. The van der Waals surface area contributed by atoms with Crippen molar-refractivity contribution in [1.82, 2.24) is 10.2 Å². The van der Waals surface area contributed by atoms with Crippen LogP contribution in [0.1, 0.15) is 39.5 Å². The number of nitrogens with one attached hydrogen (secondary N) is 1. The maximum atomic E-state index is 11.4. The number of carbonyl (C=O) groups excluding carboxylic acids is 1. The van der Waals surface area contributed by atoms with Crippen LogP contribution in [0.25, 0.3) is 0 Å². The van der Waals surface area contributed by atoms with Crippen molar-refractivity contribution >= 4 is 5.91 Å². The summed E-state index contributed by atoms with van der Waals surface area (Å²) in [6.07, 6.45) is 4.79. The van der Waals surface area contributed by atoms with Crippen molar-refractivity contribution in [3.63, 3.8) is 0 Å². The first kappa shape index (κ1) is 10.5. The Bertz CT molecular complexity index is 170. The lowest BCUT2D eigenvalue weighted by Crippen LogP contribution is -2.37.